The van der Waals surface area contributed by atoms with Crippen molar-refractivity contribution in [2.24, 2.45) is 0 Å². The van der Waals surface area contributed by atoms with E-state index in [-0.39, 0.29) is 18.4 Å². The fourth-order valence-corrected chi connectivity index (χ4v) is 1.28. The Morgan fingerprint density at radius 2 is 2.06 bits per heavy atom. The summed E-state index contributed by atoms with van der Waals surface area (Å²) < 4.78 is 1.60. The topological polar surface area (TPSA) is 84.1 Å². The molecule has 2 rings (SSSR count). The van der Waals surface area contributed by atoms with E-state index in [9.17, 15) is 0 Å². The summed E-state index contributed by atoms with van der Waals surface area (Å²) in [4.78, 5) is 12.1. The zero-order valence-electron chi connectivity index (χ0n) is 8.51. The minimum absolute atomic E-state index is 0. The summed E-state index contributed by atoms with van der Waals surface area (Å²) in [5, 5.41) is 4.41. The van der Waals surface area contributed by atoms with Crippen LogP contribution in [0, 0.1) is 0 Å². The Labute approximate surface area is 103 Å². The third-order valence-electron chi connectivity index (χ3n) is 1.84. The molecule has 0 unspecified atom stereocenters. The van der Waals surface area contributed by atoms with Crippen molar-refractivity contribution in [1.29, 1.82) is 0 Å². The second kappa shape index (κ2) is 5.20. The van der Waals surface area contributed by atoms with Gasteiger partial charge in [-0.25, -0.2) is 15.0 Å². The molecule has 86 valence electrons. The van der Waals surface area contributed by atoms with Crippen LogP contribution in [0.3, 0.4) is 0 Å². The zero-order valence-corrected chi connectivity index (χ0v) is 10.0. The van der Waals surface area contributed by atoms with Gasteiger partial charge in [0.15, 0.2) is 11.6 Å². The number of quaternary nitrogens is 1. The lowest BCUT2D eigenvalue weighted by atomic mass is 10.3. The lowest BCUT2D eigenvalue weighted by Crippen LogP contribution is -3.00. The smallest absolute Gasteiger partial charge is 0.191 e. The van der Waals surface area contributed by atoms with Crippen molar-refractivity contribution in [3.63, 3.8) is 0 Å². The van der Waals surface area contributed by atoms with Crippen LogP contribution in [0.4, 0.5) is 0 Å². The third-order valence-corrected chi connectivity index (χ3v) is 2.03. The fraction of sp³-hybridized carbons (Fsp3) is 0.250. The first-order valence-electron chi connectivity index (χ1n) is 4.39. The Morgan fingerprint density at radius 3 is 2.62 bits per heavy atom. The highest BCUT2D eigenvalue weighted by Crippen LogP contribution is 2.10. The molecular weight excluding hydrogens is 251 g/mol. The second-order valence-corrected chi connectivity index (χ2v) is 3.52. The highest BCUT2D eigenvalue weighted by Gasteiger charge is 2.13. The van der Waals surface area contributed by atoms with Crippen molar-refractivity contribution in [1.82, 2.24) is 24.7 Å². The van der Waals surface area contributed by atoms with Crippen LogP contribution in [0.25, 0.3) is 5.82 Å². The van der Waals surface area contributed by atoms with Gasteiger partial charge < -0.3 is 18.1 Å². The van der Waals surface area contributed by atoms with Gasteiger partial charge in [-0.3, -0.25) is 0 Å². The molecule has 0 amide bonds. The molecule has 0 aromatic carbocycles. The maximum absolute atomic E-state index is 5.64. The number of hydrogen-bond donors (Lipinski definition) is 1. The van der Waals surface area contributed by atoms with Crippen LogP contribution in [-0.2, 0) is 0 Å². The largest absolute Gasteiger partial charge is 1.00 e. The van der Waals surface area contributed by atoms with Crippen LogP contribution in [0.15, 0.2) is 18.7 Å². The fourth-order valence-electron chi connectivity index (χ4n) is 1.18. The van der Waals surface area contributed by atoms with Crippen LogP contribution in [0.2, 0.25) is 5.15 Å². The van der Waals surface area contributed by atoms with Gasteiger partial charge in [-0.2, -0.15) is 9.78 Å². The van der Waals surface area contributed by atoms with E-state index in [0.717, 1.165) is 5.82 Å². The molecule has 6 nitrogen and oxygen atoms in total. The SMILES string of the molecule is C[C@H]([NH3+])c1ncnn1-c1cnc(Cl)cn1.[Cl-]. The van der Waals surface area contributed by atoms with E-state index in [1.54, 1.807) is 10.9 Å². The van der Waals surface area contributed by atoms with Gasteiger partial charge in [0.1, 0.15) is 17.5 Å². The molecule has 2 aromatic heterocycles. The summed E-state index contributed by atoms with van der Waals surface area (Å²) in [5.41, 5.74) is 3.89. The molecule has 1 atom stereocenters. The number of halogens is 2. The normalized spacial score (nSPS) is 11.9. The van der Waals surface area contributed by atoms with Gasteiger partial charge in [0.25, 0.3) is 0 Å². The highest BCUT2D eigenvalue weighted by atomic mass is 35.5. The molecule has 0 fully saturated rings. The second-order valence-electron chi connectivity index (χ2n) is 3.13. The first-order valence-corrected chi connectivity index (χ1v) is 4.77. The summed E-state index contributed by atoms with van der Waals surface area (Å²) in [7, 11) is 0. The monoisotopic (exact) mass is 260 g/mol. The lowest BCUT2D eigenvalue weighted by molar-refractivity contribution is -0.422. The summed E-state index contributed by atoms with van der Waals surface area (Å²) in [6.07, 6.45) is 4.48. The molecular formula is C8H10Cl2N6. The molecule has 0 radical (unpaired) electrons. The first-order chi connectivity index (χ1) is 7.18. The highest BCUT2D eigenvalue weighted by molar-refractivity contribution is 6.29. The average molecular weight is 261 g/mol. The van der Waals surface area contributed by atoms with Crippen molar-refractivity contribution in [3.8, 4) is 5.82 Å². The predicted molar refractivity (Wildman–Crippen MR) is 53.3 cm³/mol. The first kappa shape index (κ1) is 12.8. The number of hydrogen-bond acceptors (Lipinski definition) is 4. The molecule has 0 spiro atoms. The van der Waals surface area contributed by atoms with E-state index in [1.165, 1.54) is 12.5 Å². The van der Waals surface area contributed by atoms with Crippen molar-refractivity contribution in [2.45, 2.75) is 13.0 Å². The summed E-state index contributed by atoms with van der Waals surface area (Å²) in [6, 6.07) is 0.0324. The Balaban J connectivity index is 0.00000128. The van der Waals surface area contributed by atoms with E-state index < -0.39 is 0 Å². The maximum Gasteiger partial charge on any atom is 0.191 e. The number of nitrogens with zero attached hydrogens (tertiary/aromatic N) is 5. The summed E-state index contributed by atoms with van der Waals surface area (Å²) in [6.45, 7) is 1.93. The van der Waals surface area contributed by atoms with Gasteiger partial charge >= 0.3 is 0 Å². The van der Waals surface area contributed by atoms with E-state index in [2.05, 4.69) is 25.8 Å². The summed E-state index contributed by atoms with van der Waals surface area (Å²) in [5.74, 6) is 1.33. The molecule has 3 N–H and O–H groups in total. The number of rotatable bonds is 2. The van der Waals surface area contributed by atoms with Gasteiger partial charge in [-0.15, -0.1) is 0 Å². The van der Waals surface area contributed by atoms with E-state index in [0.29, 0.717) is 11.0 Å². The van der Waals surface area contributed by atoms with Crippen LogP contribution in [-0.4, -0.2) is 24.7 Å². The van der Waals surface area contributed by atoms with Crippen LogP contribution in [0.1, 0.15) is 18.8 Å². The van der Waals surface area contributed by atoms with Crippen molar-refractivity contribution < 1.29 is 18.1 Å². The van der Waals surface area contributed by atoms with Gasteiger partial charge in [0, 0.05) is 0 Å². The zero-order chi connectivity index (χ0) is 10.8. The minimum Gasteiger partial charge on any atom is -1.00 e. The molecule has 0 bridgehead atoms. The van der Waals surface area contributed by atoms with Crippen molar-refractivity contribution in [3.05, 3.63) is 29.7 Å². The van der Waals surface area contributed by atoms with Gasteiger partial charge in [-0.1, -0.05) is 11.6 Å². The van der Waals surface area contributed by atoms with E-state index >= 15 is 0 Å². The molecule has 2 aromatic rings. The van der Waals surface area contributed by atoms with E-state index in [4.69, 9.17) is 11.6 Å². The van der Waals surface area contributed by atoms with Gasteiger partial charge in [-0.05, 0) is 6.92 Å². The molecule has 2 heterocycles. The molecule has 0 aliphatic rings. The van der Waals surface area contributed by atoms with Crippen molar-refractivity contribution in [2.75, 3.05) is 0 Å². The maximum atomic E-state index is 5.64. The number of aromatic nitrogens is 5. The molecule has 0 saturated carbocycles. The minimum atomic E-state index is 0. The Kier molecular flexibility index (Phi) is 4.17. The van der Waals surface area contributed by atoms with E-state index in [1.807, 2.05) is 6.92 Å². The average Bonchev–Trinajstić information content (AvgIpc) is 2.67. The Bertz CT molecular complexity index is 452. The molecule has 0 aliphatic heterocycles. The van der Waals surface area contributed by atoms with Crippen LogP contribution in [0.5, 0.6) is 0 Å². The van der Waals surface area contributed by atoms with Gasteiger partial charge in [0.05, 0.1) is 12.4 Å². The third kappa shape index (κ3) is 2.46. The molecule has 0 aliphatic carbocycles. The molecule has 0 saturated heterocycles. The standard InChI is InChI=1S/C8H9ClN6.ClH/c1-5(10)8-13-4-14-15(8)7-3-11-6(9)2-12-7;/h2-5H,10H2,1H3;1H/t5-;/m0./s1. The lowest BCUT2D eigenvalue weighted by Gasteiger charge is -2.04. The summed E-state index contributed by atoms with van der Waals surface area (Å²) >= 11 is 5.64. The van der Waals surface area contributed by atoms with Crippen LogP contribution < -0.4 is 18.1 Å². The van der Waals surface area contributed by atoms with Crippen LogP contribution >= 0.6 is 11.6 Å². The van der Waals surface area contributed by atoms with Gasteiger partial charge in [0.2, 0.25) is 0 Å². The Morgan fingerprint density at radius 1 is 1.31 bits per heavy atom. The predicted octanol–water partition coefficient (Wildman–Crippen LogP) is -2.98. The molecule has 8 heteroatoms. The molecule has 16 heavy (non-hydrogen) atoms. The Hall–Kier alpha value is -1.24. The van der Waals surface area contributed by atoms with Crippen molar-refractivity contribution >= 4 is 11.6 Å². The quantitative estimate of drug-likeness (QED) is 0.625.